The molecule has 1 unspecified atom stereocenters. The van der Waals surface area contributed by atoms with Gasteiger partial charge < -0.3 is 13.1 Å². The zero-order chi connectivity index (χ0) is 37.7. The van der Waals surface area contributed by atoms with E-state index in [-0.39, 0.29) is 8.67 Å². The molecule has 9 aromatic rings. The Bertz CT molecular complexity index is 2970. The molecule has 0 spiro atoms. The zero-order valence-corrected chi connectivity index (χ0v) is 33.7. The summed E-state index contributed by atoms with van der Waals surface area (Å²) in [6, 6.07) is 55.5. The number of ether oxygens (including phenoxy) is 1. The van der Waals surface area contributed by atoms with Gasteiger partial charge in [-0.1, -0.05) is 133 Å². The summed E-state index contributed by atoms with van der Waals surface area (Å²) in [6.45, 7) is 0. The Morgan fingerprint density at radius 2 is 1.07 bits per heavy atom. The highest BCUT2D eigenvalue weighted by Gasteiger charge is 2.30. The molecule has 2 aliphatic rings. The highest BCUT2D eigenvalue weighted by Crippen LogP contribution is 2.49. The van der Waals surface area contributed by atoms with Gasteiger partial charge in [0.2, 0.25) is 8.67 Å². The molecule has 1 aromatic heterocycles. The van der Waals surface area contributed by atoms with Gasteiger partial charge in [-0.15, -0.1) is 0 Å². The van der Waals surface area contributed by atoms with Crippen LogP contribution in [0.4, 0.5) is 0 Å². The zero-order valence-electron chi connectivity index (χ0n) is 31.8. The minimum atomic E-state index is -0.867. The van der Waals surface area contributed by atoms with Crippen molar-refractivity contribution in [3.05, 3.63) is 174 Å². The van der Waals surface area contributed by atoms with Gasteiger partial charge in [0.05, 0.1) is 0 Å². The molecule has 0 aliphatic heterocycles. The quantitative estimate of drug-likeness (QED) is 0.158. The number of hydrogen-bond donors (Lipinski definition) is 0. The van der Waals surface area contributed by atoms with Crippen molar-refractivity contribution in [3.8, 4) is 22.6 Å². The van der Waals surface area contributed by atoms with E-state index in [0.717, 1.165) is 80.7 Å². The number of rotatable bonds is 6. The lowest BCUT2D eigenvalue weighted by molar-refractivity contribution is 0.479. The molecule has 1 atom stereocenters. The highest BCUT2D eigenvalue weighted by molar-refractivity contribution is 7.80. The van der Waals surface area contributed by atoms with Crippen LogP contribution in [0, 0.1) is 0 Å². The van der Waals surface area contributed by atoms with Gasteiger partial charge in [-0.25, -0.2) is 0 Å². The van der Waals surface area contributed by atoms with E-state index >= 15 is 0 Å². The van der Waals surface area contributed by atoms with Gasteiger partial charge in [-0.05, 0) is 143 Å². The molecular weight excluding hydrogens is 735 g/mol. The molecule has 278 valence electrons. The minimum absolute atomic E-state index is 0.208. The summed E-state index contributed by atoms with van der Waals surface area (Å²) in [5.74, 6) is 1.62. The summed E-state index contributed by atoms with van der Waals surface area (Å²) >= 11 is 0. The van der Waals surface area contributed by atoms with Crippen molar-refractivity contribution in [2.24, 2.45) is 0 Å². The minimum Gasteiger partial charge on any atom is -0.453 e. The molecule has 0 radical (unpaired) electrons. The van der Waals surface area contributed by atoms with Gasteiger partial charge in [0.25, 0.3) is 0 Å². The molecule has 5 heteroatoms. The molecule has 0 fully saturated rings. The topological polar surface area (TPSA) is 35.5 Å². The van der Waals surface area contributed by atoms with Crippen molar-refractivity contribution in [2.75, 3.05) is 0 Å². The van der Waals surface area contributed by atoms with Crippen LogP contribution in [-0.4, -0.2) is 0 Å². The summed E-state index contributed by atoms with van der Waals surface area (Å²) in [5, 5.41) is 10.7. The predicted octanol–water partition coefficient (Wildman–Crippen LogP) is 13.6. The Labute approximate surface area is 335 Å². The lowest BCUT2D eigenvalue weighted by atomic mass is 9.80. The lowest BCUT2D eigenvalue weighted by Crippen LogP contribution is -2.25. The van der Waals surface area contributed by atoms with Gasteiger partial charge in [-0.2, -0.15) is 0 Å². The van der Waals surface area contributed by atoms with E-state index in [4.69, 9.17) is 13.1 Å². The van der Waals surface area contributed by atoms with Gasteiger partial charge in [0.15, 0.2) is 11.3 Å². The van der Waals surface area contributed by atoms with E-state index < -0.39 is 7.92 Å². The fourth-order valence-corrected chi connectivity index (χ4v) is 12.7. The smallest absolute Gasteiger partial charge is 0.201 e. The second kappa shape index (κ2) is 14.7. The van der Waals surface area contributed by atoms with E-state index in [9.17, 15) is 0 Å². The van der Waals surface area contributed by atoms with E-state index in [1.807, 2.05) is 0 Å². The molecule has 3 nitrogen and oxygen atoms in total. The number of aryl methyl sites for hydroxylation is 2. The average molecular weight is 777 g/mol. The standard InChI is InChI=1S/C52H42O3P2/c1-3-19-38(20-4-1)57(39-21-5-2-6-22-39)47-32-29-36-17-9-13-25-42(36)50(47)48-40-23-11-7-15-34(40)27-30-44(48)53-46-33-37-18-10-14-26-43(37)51-49-41-24-12-8-16-35(41)28-31-45(49)54-56-55-52(46)51/h1-6,8,10,12,14,16,18-22,24,26-33,56H,7,9,11,13,15,17,23,25H2. The van der Waals surface area contributed by atoms with Crippen LogP contribution in [0.3, 0.4) is 0 Å². The van der Waals surface area contributed by atoms with Gasteiger partial charge >= 0.3 is 0 Å². The molecule has 1 heterocycles. The van der Waals surface area contributed by atoms with Gasteiger partial charge in [0, 0.05) is 16.3 Å². The first-order valence-electron chi connectivity index (χ1n) is 20.3. The van der Waals surface area contributed by atoms with Crippen LogP contribution in [0.5, 0.6) is 11.5 Å². The largest absolute Gasteiger partial charge is 0.453 e. The maximum Gasteiger partial charge on any atom is 0.201 e. The van der Waals surface area contributed by atoms with E-state index in [1.54, 1.807) is 0 Å². The van der Waals surface area contributed by atoms with E-state index in [0.29, 0.717) is 0 Å². The monoisotopic (exact) mass is 776 g/mol. The fraction of sp³-hybridized carbons (Fsp3) is 0.154. The average Bonchev–Trinajstić information content (AvgIpc) is 3.48. The van der Waals surface area contributed by atoms with E-state index in [2.05, 4.69) is 152 Å². The Balaban J connectivity index is 1.22. The Morgan fingerprint density at radius 3 is 1.79 bits per heavy atom. The molecule has 0 saturated carbocycles. The van der Waals surface area contributed by atoms with E-state index in [1.165, 1.54) is 75.0 Å². The first-order chi connectivity index (χ1) is 28.3. The van der Waals surface area contributed by atoms with Crippen molar-refractivity contribution in [1.82, 2.24) is 0 Å². The van der Waals surface area contributed by atoms with Crippen LogP contribution in [0.1, 0.15) is 47.9 Å². The molecule has 0 bridgehead atoms. The van der Waals surface area contributed by atoms with Gasteiger partial charge in [0.1, 0.15) is 11.3 Å². The second-order valence-electron chi connectivity index (χ2n) is 15.4. The molecule has 11 rings (SSSR count). The third kappa shape index (κ3) is 6.08. The maximum atomic E-state index is 7.49. The second-order valence-corrected chi connectivity index (χ2v) is 18.2. The first kappa shape index (κ1) is 34.6. The first-order valence-corrected chi connectivity index (χ1v) is 22.5. The summed E-state index contributed by atoms with van der Waals surface area (Å²) in [6.07, 6.45) is 9.14. The Morgan fingerprint density at radius 1 is 0.474 bits per heavy atom. The van der Waals surface area contributed by atoms with Crippen LogP contribution in [0.15, 0.2) is 160 Å². The summed E-state index contributed by atoms with van der Waals surface area (Å²) in [7, 11) is -1.08. The normalized spacial score (nSPS) is 14.1. The third-order valence-corrected chi connectivity index (χ3v) is 15.2. The number of fused-ring (bicyclic) bond motifs is 9. The highest BCUT2D eigenvalue weighted by atomic mass is 31.1. The third-order valence-electron chi connectivity index (χ3n) is 12.1. The molecule has 0 amide bonds. The molecule has 8 aromatic carbocycles. The lowest BCUT2D eigenvalue weighted by Gasteiger charge is -2.31. The summed E-state index contributed by atoms with van der Waals surface area (Å²) in [4.78, 5) is 0. The van der Waals surface area contributed by atoms with Gasteiger partial charge in [-0.3, -0.25) is 0 Å². The molecule has 57 heavy (non-hydrogen) atoms. The summed E-state index contributed by atoms with van der Waals surface area (Å²) in [5.41, 5.74) is 10.1. The van der Waals surface area contributed by atoms with Crippen molar-refractivity contribution in [3.63, 3.8) is 0 Å². The Hall–Kier alpha value is -5.59. The van der Waals surface area contributed by atoms with Crippen molar-refractivity contribution < 1.29 is 13.1 Å². The summed E-state index contributed by atoms with van der Waals surface area (Å²) < 4.78 is 20.6. The molecule has 0 saturated heterocycles. The predicted molar refractivity (Wildman–Crippen MR) is 242 cm³/mol. The van der Waals surface area contributed by atoms with Crippen molar-refractivity contribution >= 4 is 76.0 Å². The van der Waals surface area contributed by atoms with Crippen LogP contribution in [0.2, 0.25) is 0 Å². The maximum absolute atomic E-state index is 7.49. The molecule has 0 N–H and O–H groups in total. The van der Waals surface area contributed by atoms with Crippen LogP contribution in [0.25, 0.3) is 54.6 Å². The number of benzene rings is 8. The van der Waals surface area contributed by atoms with Crippen molar-refractivity contribution in [2.45, 2.75) is 51.4 Å². The van der Waals surface area contributed by atoms with Crippen LogP contribution >= 0.6 is 16.6 Å². The molecule has 2 aliphatic carbocycles. The SMILES string of the molecule is c1ccc(P(c2ccccc2)c2ccc3c(c2-c2c(Oc4cc5ccccc5c5c4o[pH]oc4ccc6ccccc6c45)ccc4c2CCCC4)CCCC3)cc1. The number of hydrogen-bond acceptors (Lipinski definition) is 3. The molecular formula is C52H42O3P2. The van der Waals surface area contributed by atoms with Crippen LogP contribution < -0.4 is 20.7 Å². The van der Waals surface area contributed by atoms with Crippen LogP contribution in [-0.2, 0) is 25.7 Å². The Kier molecular flexibility index (Phi) is 8.95. The van der Waals surface area contributed by atoms with Crippen molar-refractivity contribution in [1.29, 1.82) is 0 Å². The fourth-order valence-electron chi connectivity index (χ4n) is 9.58.